The zero-order valence-electron chi connectivity index (χ0n) is 12.9. The summed E-state index contributed by atoms with van der Waals surface area (Å²) in [5.74, 6) is 0. The predicted octanol–water partition coefficient (Wildman–Crippen LogP) is 6.43. The second-order valence-corrected chi connectivity index (χ2v) is 4.94. The third-order valence-corrected chi connectivity index (χ3v) is 3.29. The van der Waals surface area contributed by atoms with Gasteiger partial charge in [-0.1, -0.05) is 57.8 Å². The number of rotatable bonds is 10. The van der Waals surface area contributed by atoms with Crippen molar-refractivity contribution in [2.45, 2.75) is 85.5 Å². The molecule has 1 heteroatoms. The number of allylic oxidation sites excluding steroid dienone is 4. The first-order valence-corrected chi connectivity index (χ1v) is 7.63. The maximum absolute atomic E-state index is 2.36. The summed E-state index contributed by atoms with van der Waals surface area (Å²) < 4.78 is 0. The van der Waals surface area contributed by atoms with Crippen LogP contribution in [0.3, 0.4) is 0 Å². The molecule has 0 aromatic rings. The topological polar surface area (TPSA) is 0 Å². The molecule has 0 aliphatic carbocycles. The molecule has 0 nitrogen and oxygen atoms in total. The molecule has 0 atom stereocenters. The zero-order chi connectivity index (χ0) is 12.9. The van der Waals surface area contributed by atoms with Crippen molar-refractivity contribution in [1.29, 1.82) is 0 Å². The van der Waals surface area contributed by atoms with Crippen LogP contribution < -0.4 is 0 Å². The fourth-order valence-corrected chi connectivity index (χ4v) is 2.17. The van der Waals surface area contributed by atoms with Gasteiger partial charge >= 0.3 is 0 Å². The third kappa shape index (κ3) is 10.1. The maximum Gasteiger partial charge on any atom is 0 e. The van der Waals surface area contributed by atoms with Crippen molar-refractivity contribution in [1.82, 2.24) is 0 Å². The van der Waals surface area contributed by atoms with Crippen LogP contribution in [0, 0.1) is 0 Å². The van der Waals surface area contributed by atoms with E-state index in [1.54, 1.807) is 11.1 Å². The van der Waals surface area contributed by atoms with Gasteiger partial charge < -0.3 is 0 Å². The van der Waals surface area contributed by atoms with Gasteiger partial charge in [-0.3, -0.25) is 0 Å². The Morgan fingerprint density at radius 2 is 1.22 bits per heavy atom. The molecule has 0 aromatic carbocycles. The van der Waals surface area contributed by atoms with E-state index >= 15 is 0 Å². The standard InChI is InChI=1S/C17H32.Ru/c1-5-9-13-16(12-8-4)17(14-10-6-2)15-11-7-3;/h8,12H,5-7,9-11,13-15H2,1-4H3;. The molecule has 18 heavy (non-hydrogen) atoms. The van der Waals surface area contributed by atoms with E-state index in [2.05, 4.69) is 39.8 Å². The molecule has 0 N–H and O–H groups in total. The van der Waals surface area contributed by atoms with Crippen LogP contribution in [0.15, 0.2) is 23.3 Å². The first-order chi connectivity index (χ1) is 8.29. The molecule has 0 unspecified atom stereocenters. The molecule has 0 fully saturated rings. The summed E-state index contributed by atoms with van der Waals surface area (Å²) in [4.78, 5) is 0. The van der Waals surface area contributed by atoms with E-state index in [9.17, 15) is 0 Å². The Hall–Kier alpha value is 0.103. The smallest absolute Gasteiger partial charge is 0 e. The van der Waals surface area contributed by atoms with E-state index in [0.717, 1.165) is 0 Å². The van der Waals surface area contributed by atoms with E-state index in [-0.39, 0.29) is 19.5 Å². The van der Waals surface area contributed by atoms with Crippen molar-refractivity contribution in [2.75, 3.05) is 0 Å². The molecule has 0 aliphatic rings. The second-order valence-electron chi connectivity index (χ2n) is 4.94. The average Bonchev–Trinajstić information content (AvgIpc) is 2.35. The van der Waals surface area contributed by atoms with Gasteiger partial charge in [0.25, 0.3) is 0 Å². The number of unbranched alkanes of at least 4 members (excludes halogenated alkanes) is 3. The van der Waals surface area contributed by atoms with Crippen LogP contribution >= 0.6 is 0 Å². The molecule has 108 valence electrons. The molecule has 0 rings (SSSR count). The average molecular weight is 338 g/mol. The van der Waals surface area contributed by atoms with E-state index in [1.165, 1.54) is 57.8 Å². The molecule has 0 bridgehead atoms. The molecule has 0 aliphatic heterocycles. The molecule has 0 saturated heterocycles. The van der Waals surface area contributed by atoms with Crippen molar-refractivity contribution in [3.63, 3.8) is 0 Å². The van der Waals surface area contributed by atoms with Gasteiger partial charge in [0.2, 0.25) is 0 Å². The van der Waals surface area contributed by atoms with Crippen molar-refractivity contribution in [3.8, 4) is 0 Å². The van der Waals surface area contributed by atoms with E-state index in [1.807, 2.05) is 0 Å². The normalized spacial score (nSPS) is 10.4. The fraction of sp³-hybridized carbons (Fsp3) is 0.765. The van der Waals surface area contributed by atoms with Crippen molar-refractivity contribution in [2.24, 2.45) is 0 Å². The van der Waals surface area contributed by atoms with Crippen LogP contribution in [0.4, 0.5) is 0 Å². The number of hydrogen-bond donors (Lipinski definition) is 0. The molecule has 0 aromatic heterocycles. The molecule has 0 radical (unpaired) electrons. The van der Waals surface area contributed by atoms with Crippen LogP contribution in [0.5, 0.6) is 0 Å². The Morgan fingerprint density at radius 3 is 1.61 bits per heavy atom. The van der Waals surface area contributed by atoms with Gasteiger partial charge in [0.05, 0.1) is 0 Å². The molecule has 0 spiro atoms. The summed E-state index contributed by atoms with van der Waals surface area (Å²) in [5.41, 5.74) is 3.37. The van der Waals surface area contributed by atoms with Gasteiger partial charge in [0, 0.05) is 19.5 Å². The zero-order valence-corrected chi connectivity index (χ0v) is 14.6. The minimum Gasteiger partial charge on any atom is -0.0874 e. The minimum absolute atomic E-state index is 0. The summed E-state index contributed by atoms with van der Waals surface area (Å²) in [5, 5.41) is 0. The SMILES string of the molecule is CC=CC(CCCC)=C(CCCC)CCCC.[Ru]. The quantitative estimate of drug-likeness (QED) is 0.318. The van der Waals surface area contributed by atoms with Gasteiger partial charge in [-0.25, -0.2) is 0 Å². The van der Waals surface area contributed by atoms with E-state index in [4.69, 9.17) is 0 Å². The fourth-order valence-electron chi connectivity index (χ4n) is 2.17. The summed E-state index contributed by atoms with van der Waals surface area (Å²) in [6, 6.07) is 0. The molecule has 0 saturated carbocycles. The minimum atomic E-state index is 0. The summed E-state index contributed by atoms with van der Waals surface area (Å²) in [6.07, 6.45) is 16.5. The van der Waals surface area contributed by atoms with Crippen molar-refractivity contribution < 1.29 is 19.5 Å². The van der Waals surface area contributed by atoms with Gasteiger partial charge in [0.15, 0.2) is 0 Å². The van der Waals surface area contributed by atoms with Crippen molar-refractivity contribution in [3.05, 3.63) is 23.3 Å². The maximum atomic E-state index is 2.36. The predicted molar refractivity (Wildman–Crippen MR) is 80.4 cm³/mol. The van der Waals surface area contributed by atoms with E-state index < -0.39 is 0 Å². The molecule has 0 amide bonds. The van der Waals surface area contributed by atoms with Gasteiger partial charge in [-0.15, -0.1) is 0 Å². The molecule has 0 heterocycles. The summed E-state index contributed by atoms with van der Waals surface area (Å²) in [7, 11) is 0. The molecular weight excluding hydrogens is 305 g/mol. The van der Waals surface area contributed by atoms with Crippen molar-refractivity contribution >= 4 is 0 Å². The second kappa shape index (κ2) is 15.2. The Balaban J connectivity index is 0. The summed E-state index contributed by atoms with van der Waals surface area (Å²) >= 11 is 0. The van der Waals surface area contributed by atoms with Crippen LogP contribution in [0.25, 0.3) is 0 Å². The first kappa shape index (κ1) is 20.4. The third-order valence-electron chi connectivity index (χ3n) is 3.29. The largest absolute Gasteiger partial charge is 0.0874 e. The molecular formula is C17H32Ru. The van der Waals surface area contributed by atoms with Gasteiger partial charge in [0.1, 0.15) is 0 Å². The van der Waals surface area contributed by atoms with Crippen LogP contribution in [-0.4, -0.2) is 0 Å². The Bertz CT molecular complexity index is 216. The summed E-state index contributed by atoms with van der Waals surface area (Å²) in [6.45, 7) is 9.01. The van der Waals surface area contributed by atoms with Crippen LogP contribution in [-0.2, 0) is 19.5 Å². The number of hydrogen-bond acceptors (Lipinski definition) is 0. The van der Waals surface area contributed by atoms with Crippen LogP contribution in [0.2, 0.25) is 0 Å². The Morgan fingerprint density at radius 1 is 0.778 bits per heavy atom. The Labute approximate surface area is 128 Å². The van der Waals surface area contributed by atoms with E-state index in [0.29, 0.717) is 0 Å². The van der Waals surface area contributed by atoms with Crippen LogP contribution in [0.1, 0.15) is 85.5 Å². The van der Waals surface area contributed by atoms with Gasteiger partial charge in [-0.2, -0.15) is 0 Å². The monoisotopic (exact) mass is 338 g/mol. The first-order valence-electron chi connectivity index (χ1n) is 7.63. The Kier molecular flexibility index (Phi) is 17.2. The van der Waals surface area contributed by atoms with Gasteiger partial charge in [-0.05, 0) is 51.0 Å².